The van der Waals surface area contributed by atoms with E-state index < -0.39 is 0 Å². The number of para-hydroxylation sites is 2. The van der Waals surface area contributed by atoms with Gasteiger partial charge in [-0.1, -0.05) is 12.1 Å². The van der Waals surface area contributed by atoms with Gasteiger partial charge in [-0.2, -0.15) is 0 Å². The minimum atomic E-state index is -0.201. The maximum Gasteiger partial charge on any atom is 0.307 e. The number of benzene rings is 1. The van der Waals surface area contributed by atoms with Crippen LogP contribution in [0.5, 0.6) is 0 Å². The van der Waals surface area contributed by atoms with Crippen molar-refractivity contribution < 1.29 is 9.53 Å². The molecule has 0 aliphatic carbocycles. The van der Waals surface area contributed by atoms with Gasteiger partial charge in [0.05, 0.1) is 29.4 Å². The van der Waals surface area contributed by atoms with Crippen LogP contribution < -0.4 is 0 Å². The van der Waals surface area contributed by atoms with Crippen molar-refractivity contribution in [3.63, 3.8) is 0 Å². The summed E-state index contributed by atoms with van der Waals surface area (Å²) in [5.74, 6) is 0.584. The van der Waals surface area contributed by atoms with Crippen molar-refractivity contribution in [2.45, 2.75) is 32.2 Å². The maximum absolute atomic E-state index is 11.5. The molecular weight excluding hydrogens is 264 g/mol. The Bertz CT molecular complexity index is 578. The third kappa shape index (κ3) is 3.07. The lowest BCUT2D eigenvalue weighted by Crippen LogP contribution is -2.11. The van der Waals surface area contributed by atoms with Crippen LogP contribution in [0.15, 0.2) is 24.3 Å². The number of ether oxygens (including phenoxy) is 1. The number of imidazole rings is 1. The van der Waals surface area contributed by atoms with Gasteiger partial charge < -0.3 is 9.30 Å². The molecule has 102 valence electrons. The Balaban J connectivity index is 2.29. The summed E-state index contributed by atoms with van der Waals surface area (Å²) in [6.07, 6.45) is 0.324. The van der Waals surface area contributed by atoms with Crippen LogP contribution >= 0.6 is 11.6 Å². The van der Waals surface area contributed by atoms with E-state index in [1.807, 2.05) is 35.8 Å². The topological polar surface area (TPSA) is 44.1 Å². The first-order chi connectivity index (χ1) is 9.13. The molecule has 2 aromatic rings. The minimum absolute atomic E-state index is 0.199. The third-order valence-electron chi connectivity index (χ3n) is 2.88. The summed E-state index contributed by atoms with van der Waals surface area (Å²) in [5.41, 5.74) is 1.89. The lowest BCUT2D eigenvalue weighted by atomic mass is 10.3. The zero-order valence-electron chi connectivity index (χ0n) is 11.1. The average Bonchev–Trinajstić information content (AvgIpc) is 2.75. The Labute approximate surface area is 117 Å². The highest BCUT2D eigenvalue weighted by atomic mass is 35.5. The fourth-order valence-corrected chi connectivity index (χ4v) is 2.24. The Kier molecular flexibility index (Phi) is 4.43. The molecule has 2 rings (SSSR count). The fraction of sp³-hybridized carbons (Fsp3) is 0.429. The van der Waals surface area contributed by atoms with Gasteiger partial charge in [-0.15, -0.1) is 11.6 Å². The smallest absolute Gasteiger partial charge is 0.307 e. The van der Waals surface area contributed by atoms with Gasteiger partial charge in [0, 0.05) is 6.54 Å². The lowest BCUT2D eigenvalue weighted by molar-refractivity contribution is -0.143. The van der Waals surface area contributed by atoms with Crippen LogP contribution in [0.2, 0.25) is 0 Å². The first-order valence-electron chi connectivity index (χ1n) is 6.38. The van der Waals surface area contributed by atoms with Gasteiger partial charge in [-0.3, -0.25) is 4.79 Å². The van der Waals surface area contributed by atoms with E-state index in [1.165, 1.54) is 0 Å². The molecule has 0 radical (unpaired) electrons. The molecule has 1 unspecified atom stereocenters. The summed E-state index contributed by atoms with van der Waals surface area (Å²) in [6, 6.07) is 7.82. The van der Waals surface area contributed by atoms with Crippen molar-refractivity contribution >= 4 is 28.6 Å². The molecule has 0 spiro atoms. The van der Waals surface area contributed by atoms with Gasteiger partial charge in [0.1, 0.15) is 5.82 Å². The average molecular weight is 281 g/mol. The summed E-state index contributed by atoms with van der Waals surface area (Å²) in [4.78, 5) is 16.0. The number of halogens is 1. The van der Waals surface area contributed by atoms with Gasteiger partial charge in [0.25, 0.3) is 0 Å². The Morgan fingerprint density at radius 2 is 2.21 bits per heavy atom. The van der Waals surface area contributed by atoms with Crippen LogP contribution in [0, 0.1) is 0 Å². The number of hydrogen-bond acceptors (Lipinski definition) is 3. The van der Waals surface area contributed by atoms with Crippen molar-refractivity contribution in [2.75, 3.05) is 6.61 Å². The van der Waals surface area contributed by atoms with Gasteiger partial charge in [-0.05, 0) is 26.0 Å². The van der Waals surface area contributed by atoms with Crippen LogP contribution in [0.1, 0.15) is 31.5 Å². The molecule has 0 bridgehead atoms. The highest BCUT2D eigenvalue weighted by molar-refractivity contribution is 6.20. The van der Waals surface area contributed by atoms with E-state index in [1.54, 1.807) is 6.92 Å². The van der Waals surface area contributed by atoms with E-state index in [2.05, 4.69) is 4.98 Å². The molecule has 1 heterocycles. The molecule has 0 saturated carbocycles. The van der Waals surface area contributed by atoms with Crippen molar-refractivity contribution in [3.8, 4) is 0 Å². The molecule has 0 N–H and O–H groups in total. The number of aryl methyl sites for hydroxylation is 1. The molecule has 0 amide bonds. The number of aromatic nitrogens is 2. The summed E-state index contributed by atoms with van der Waals surface area (Å²) in [7, 11) is 0. The standard InChI is InChI=1S/C14H17ClN2O2/c1-3-19-13(18)8-9-17-12-7-5-4-6-11(12)16-14(17)10(2)15/h4-7,10H,3,8-9H2,1-2H3. The maximum atomic E-state index is 11.5. The molecule has 1 atom stereocenters. The van der Waals surface area contributed by atoms with Crippen LogP contribution in [0.4, 0.5) is 0 Å². The number of carbonyl (C=O) groups excluding carboxylic acids is 1. The third-order valence-corrected chi connectivity index (χ3v) is 3.08. The zero-order chi connectivity index (χ0) is 13.8. The van der Waals surface area contributed by atoms with Gasteiger partial charge in [0.2, 0.25) is 0 Å². The van der Waals surface area contributed by atoms with E-state index in [0.717, 1.165) is 16.9 Å². The van der Waals surface area contributed by atoms with Crippen molar-refractivity contribution in [3.05, 3.63) is 30.1 Å². The highest BCUT2D eigenvalue weighted by Gasteiger charge is 2.15. The number of fused-ring (bicyclic) bond motifs is 1. The summed E-state index contributed by atoms with van der Waals surface area (Å²) < 4.78 is 6.94. The van der Waals surface area contributed by atoms with E-state index >= 15 is 0 Å². The quantitative estimate of drug-likeness (QED) is 0.623. The summed E-state index contributed by atoms with van der Waals surface area (Å²) in [6.45, 7) is 4.62. The van der Waals surface area contributed by atoms with Gasteiger partial charge in [-0.25, -0.2) is 4.98 Å². The molecule has 0 aliphatic rings. The molecule has 0 saturated heterocycles. The van der Waals surface area contributed by atoms with Gasteiger partial charge in [0.15, 0.2) is 0 Å². The number of rotatable bonds is 5. The van der Waals surface area contributed by atoms with Crippen molar-refractivity contribution in [1.29, 1.82) is 0 Å². The van der Waals surface area contributed by atoms with E-state index in [0.29, 0.717) is 19.6 Å². The number of hydrogen-bond donors (Lipinski definition) is 0. The molecular formula is C14H17ClN2O2. The van der Waals surface area contributed by atoms with Gasteiger partial charge >= 0.3 is 5.97 Å². The predicted molar refractivity (Wildman–Crippen MR) is 75.3 cm³/mol. The Morgan fingerprint density at radius 1 is 1.47 bits per heavy atom. The fourth-order valence-electron chi connectivity index (χ4n) is 2.07. The molecule has 5 heteroatoms. The largest absolute Gasteiger partial charge is 0.466 e. The number of carbonyl (C=O) groups is 1. The number of alkyl halides is 1. The lowest BCUT2D eigenvalue weighted by Gasteiger charge is -2.10. The molecule has 19 heavy (non-hydrogen) atoms. The highest BCUT2D eigenvalue weighted by Crippen LogP contribution is 2.24. The monoisotopic (exact) mass is 280 g/mol. The van der Waals surface area contributed by atoms with Crippen molar-refractivity contribution in [2.24, 2.45) is 0 Å². The normalized spacial score (nSPS) is 12.6. The van der Waals surface area contributed by atoms with Crippen LogP contribution in [0.3, 0.4) is 0 Å². The number of nitrogens with zero attached hydrogens (tertiary/aromatic N) is 2. The van der Waals surface area contributed by atoms with Crippen molar-refractivity contribution in [1.82, 2.24) is 9.55 Å². The second-order valence-electron chi connectivity index (χ2n) is 4.28. The van der Waals surface area contributed by atoms with Crippen LogP contribution in [0.25, 0.3) is 11.0 Å². The first kappa shape index (κ1) is 13.9. The molecule has 4 nitrogen and oxygen atoms in total. The second-order valence-corrected chi connectivity index (χ2v) is 4.94. The zero-order valence-corrected chi connectivity index (χ0v) is 11.9. The van der Waals surface area contributed by atoms with E-state index in [4.69, 9.17) is 16.3 Å². The Hall–Kier alpha value is -1.55. The molecule has 1 aromatic carbocycles. The molecule has 0 aliphatic heterocycles. The number of esters is 1. The predicted octanol–water partition coefficient (Wildman–Crippen LogP) is 3.29. The van der Waals surface area contributed by atoms with E-state index in [9.17, 15) is 4.79 Å². The SMILES string of the molecule is CCOC(=O)CCn1c(C(C)Cl)nc2ccccc21. The van der Waals surface area contributed by atoms with Crippen LogP contribution in [-0.2, 0) is 16.1 Å². The molecule has 0 fully saturated rings. The Morgan fingerprint density at radius 3 is 2.89 bits per heavy atom. The summed E-state index contributed by atoms with van der Waals surface area (Å²) >= 11 is 6.16. The summed E-state index contributed by atoms with van der Waals surface area (Å²) in [5, 5.41) is -0.199. The second kappa shape index (κ2) is 6.06. The van der Waals surface area contributed by atoms with E-state index in [-0.39, 0.29) is 11.3 Å². The minimum Gasteiger partial charge on any atom is -0.466 e. The van der Waals surface area contributed by atoms with Crippen LogP contribution in [-0.4, -0.2) is 22.1 Å². The molecule has 1 aromatic heterocycles. The first-order valence-corrected chi connectivity index (χ1v) is 6.82.